The fourth-order valence-electron chi connectivity index (χ4n) is 8.22. The van der Waals surface area contributed by atoms with Crippen LogP contribution in [0.1, 0.15) is 11.1 Å². The molecule has 0 atom stereocenters. The van der Waals surface area contributed by atoms with E-state index in [9.17, 15) is 0 Å². The van der Waals surface area contributed by atoms with E-state index in [4.69, 9.17) is 8.83 Å². The Labute approximate surface area is 274 Å². The second-order valence-corrected chi connectivity index (χ2v) is 13.0. The van der Waals surface area contributed by atoms with E-state index in [-0.39, 0.29) is 0 Å². The minimum absolute atomic E-state index is 0.873. The molecule has 11 aromatic rings. The molecule has 0 radical (unpaired) electrons. The van der Waals surface area contributed by atoms with Gasteiger partial charge < -0.3 is 18.0 Å². The summed E-state index contributed by atoms with van der Waals surface area (Å²) in [7, 11) is 0. The van der Waals surface area contributed by atoms with Crippen LogP contribution in [0.25, 0.3) is 98.9 Å². The SMILES string of the molecule is Cc1c(C)c2oc3ccc(-n4c5ccccc5c5ccccc54)cc3c2c2c1oc1ccc(-n3c4ccccc4c4ccccc43)cc12. The van der Waals surface area contributed by atoms with Crippen LogP contribution in [-0.4, -0.2) is 9.13 Å². The average Bonchev–Trinajstić information content (AvgIpc) is 3.88. The van der Waals surface area contributed by atoms with Crippen LogP contribution in [0.3, 0.4) is 0 Å². The Morgan fingerprint density at radius 2 is 0.708 bits per heavy atom. The number of furan rings is 2. The van der Waals surface area contributed by atoms with Crippen molar-refractivity contribution in [2.24, 2.45) is 0 Å². The molecule has 4 nitrogen and oxygen atoms in total. The van der Waals surface area contributed by atoms with Gasteiger partial charge in [0.15, 0.2) is 0 Å². The maximum Gasteiger partial charge on any atom is 0.139 e. The van der Waals surface area contributed by atoms with Crippen molar-refractivity contribution < 1.29 is 8.83 Å². The lowest BCUT2D eigenvalue weighted by atomic mass is 9.98. The first-order valence-electron chi connectivity index (χ1n) is 16.4. The standard InChI is InChI=1S/C44H28N2O2/c1-25-26(2)44-42(34-24-28(20-22-40(34)48-44)46-37-17-9-5-13-31(37)32-14-6-10-18-38(32)46)41-33-23-27(19-21-39(33)47-43(25)41)45-35-15-7-3-11-29(35)30-12-4-8-16-36(30)45/h3-24H,1-2H3. The van der Waals surface area contributed by atoms with Crippen LogP contribution in [-0.2, 0) is 0 Å². The van der Waals surface area contributed by atoms with Gasteiger partial charge in [0.25, 0.3) is 0 Å². The lowest BCUT2D eigenvalue weighted by Crippen LogP contribution is -1.93. The maximum atomic E-state index is 6.70. The normalized spacial score (nSPS) is 12.4. The molecule has 0 amide bonds. The van der Waals surface area contributed by atoms with Gasteiger partial charge in [0, 0.05) is 54.5 Å². The Morgan fingerprint density at radius 3 is 1.06 bits per heavy atom. The Balaban J connectivity index is 1.25. The van der Waals surface area contributed by atoms with Gasteiger partial charge in [-0.05, 0) is 85.6 Å². The molecule has 0 spiro atoms. The fourth-order valence-corrected chi connectivity index (χ4v) is 8.22. The third-order valence-electron chi connectivity index (χ3n) is 10.5. The predicted octanol–water partition coefficient (Wildman–Crippen LogP) is 12.3. The molecular weight excluding hydrogens is 588 g/mol. The second-order valence-electron chi connectivity index (χ2n) is 13.0. The minimum Gasteiger partial charge on any atom is -0.456 e. The molecule has 11 rings (SSSR count). The molecule has 0 saturated heterocycles. The number of aryl methyl sites for hydroxylation is 2. The number of aromatic nitrogens is 2. The van der Waals surface area contributed by atoms with E-state index in [1.807, 2.05) is 0 Å². The smallest absolute Gasteiger partial charge is 0.139 e. The van der Waals surface area contributed by atoms with Crippen molar-refractivity contribution >= 4 is 87.5 Å². The summed E-state index contributed by atoms with van der Waals surface area (Å²) in [5, 5.41) is 9.36. The zero-order chi connectivity index (χ0) is 31.7. The van der Waals surface area contributed by atoms with Gasteiger partial charge in [0.2, 0.25) is 0 Å². The van der Waals surface area contributed by atoms with Gasteiger partial charge in [-0.15, -0.1) is 0 Å². The number of hydrogen-bond acceptors (Lipinski definition) is 2. The zero-order valence-electron chi connectivity index (χ0n) is 26.4. The zero-order valence-corrected chi connectivity index (χ0v) is 26.4. The summed E-state index contributed by atoms with van der Waals surface area (Å²) in [6.07, 6.45) is 0. The summed E-state index contributed by atoms with van der Waals surface area (Å²) >= 11 is 0. The minimum atomic E-state index is 0.873. The highest BCUT2D eigenvalue weighted by atomic mass is 16.3. The van der Waals surface area contributed by atoms with Gasteiger partial charge in [-0.1, -0.05) is 72.8 Å². The Bertz CT molecular complexity index is 2830. The highest BCUT2D eigenvalue weighted by molar-refractivity contribution is 6.27. The van der Waals surface area contributed by atoms with Crippen molar-refractivity contribution in [2.75, 3.05) is 0 Å². The van der Waals surface area contributed by atoms with Crippen LogP contribution < -0.4 is 0 Å². The molecule has 226 valence electrons. The highest BCUT2D eigenvalue weighted by Crippen LogP contribution is 2.45. The molecule has 0 bridgehead atoms. The number of hydrogen-bond donors (Lipinski definition) is 0. The van der Waals surface area contributed by atoms with Crippen molar-refractivity contribution in [1.29, 1.82) is 0 Å². The Kier molecular flexibility index (Phi) is 4.95. The summed E-state index contributed by atoms with van der Waals surface area (Å²) in [4.78, 5) is 0. The van der Waals surface area contributed by atoms with Crippen molar-refractivity contribution in [3.05, 3.63) is 145 Å². The largest absolute Gasteiger partial charge is 0.456 e. The molecule has 0 aliphatic rings. The van der Waals surface area contributed by atoms with Gasteiger partial charge in [-0.2, -0.15) is 0 Å². The van der Waals surface area contributed by atoms with E-state index in [1.165, 1.54) is 43.6 Å². The van der Waals surface area contributed by atoms with Gasteiger partial charge in [0.05, 0.1) is 22.1 Å². The maximum absolute atomic E-state index is 6.70. The molecule has 4 aromatic heterocycles. The molecule has 0 aliphatic heterocycles. The van der Waals surface area contributed by atoms with E-state index >= 15 is 0 Å². The number of fused-ring (bicyclic) bond motifs is 13. The molecule has 0 aliphatic carbocycles. The quantitative estimate of drug-likeness (QED) is 0.194. The van der Waals surface area contributed by atoms with Crippen LogP contribution in [0.2, 0.25) is 0 Å². The van der Waals surface area contributed by atoms with E-state index in [0.717, 1.165) is 66.4 Å². The monoisotopic (exact) mass is 616 g/mol. The van der Waals surface area contributed by atoms with E-state index in [1.54, 1.807) is 0 Å². The van der Waals surface area contributed by atoms with Crippen LogP contribution in [0.4, 0.5) is 0 Å². The average molecular weight is 617 g/mol. The molecule has 0 N–H and O–H groups in total. The van der Waals surface area contributed by atoms with Gasteiger partial charge in [-0.25, -0.2) is 0 Å². The van der Waals surface area contributed by atoms with Crippen LogP contribution >= 0.6 is 0 Å². The third-order valence-corrected chi connectivity index (χ3v) is 10.5. The van der Waals surface area contributed by atoms with Crippen LogP contribution in [0, 0.1) is 13.8 Å². The Hall–Kier alpha value is -6.26. The predicted molar refractivity (Wildman–Crippen MR) is 199 cm³/mol. The van der Waals surface area contributed by atoms with Crippen LogP contribution in [0.5, 0.6) is 0 Å². The fraction of sp³-hybridized carbons (Fsp3) is 0.0455. The lowest BCUT2D eigenvalue weighted by molar-refractivity contribution is 0.657. The van der Waals surface area contributed by atoms with Gasteiger partial charge >= 0.3 is 0 Å². The summed E-state index contributed by atoms with van der Waals surface area (Å²) in [6.45, 7) is 4.29. The molecular formula is C44H28N2O2. The van der Waals surface area contributed by atoms with Gasteiger partial charge in [0.1, 0.15) is 22.3 Å². The number of para-hydroxylation sites is 4. The van der Waals surface area contributed by atoms with Crippen molar-refractivity contribution in [2.45, 2.75) is 13.8 Å². The van der Waals surface area contributed by atoms with Crippen molar-refractivity contribution in [3.8, 4) is 11.4 Å². The number of benzene rings is 7. The first-order chi connectivity index (χ1) is 23.7. The Morgan fingerprint density at radius 1 is 0.375 bits per heavy atom. The molecule has 0 unspecified atom stereocenters. The first-order valence-corrected chi connectivity index (χ1v) is 16.4. The number of rotatable bonds is 2. The van der Waals surface area contributed by atoms with Crippen molar-refractivity contribution in [1.82, 2.24) is 9.13 Å². The lowest BCUT2D eigenvalue weighted by Gasteiger charge is -2.09. The molecule has 0 fully saturated rings. The molecule has 4 heterocycles. The van der Waals surface area contributed by atoms with Gasteiger partial charge in [-0.3, -0.25) is 0 Å². The van der Waals surface area contributed by atoms with E-state index in [0.29, 0.717) is 0 Å². The van der Waals surface area contributed by atoms with E-state index < -0.39 is 0 Å². The van der Waals surface area contributed by atoms with Crippen LogP contribution in [0.15, 0.2) is 142 Å². The third kappa shape index (κ3) is 3.24. The summed E-state index contributed by atoms with van der Waals surface area (Å²) in [5.74, 6) is 0. The second kappa shape index (κ2) is 9.18. The van der Waals surface area contributed by atoms with Crippen molar-refractivity contribution in [3.63, 3.8) is 0 Å². The molecule has 7 aromatic carbocycles. The highest BCUT2D eigenvalue weighted by Gasteiger charge is 2.23. The summed E-state index contributed by atoms with van der Waals surface area (Å²) < 4.78 is 18.1. The molecule has 4 heteroatoms. The summed E-state index contributed by atoms with van der Waals surface area (Å²) in [5.41, 5.74) is 12.7. The molecule has 0 saturated carbocycles. The number of nitrogens with zero attached hydrogens (tertiary/aromatic N) is 2. The topological polar surface area (TPSA) is 36.1 Å². The molecule has 48 heavy (non-hydrogen) atoms. The van der Waals surface area contributed by atoms with E-state index in [2.05, 4.69) is 156 Å². The summed E-state index contributed by atoms with van der Waals surface area (Å²) in [6, 6.07) is 47.8. The first kappa shape index (κ1) is 25.9.